The van der Waals surface area contributed by atoms with E-state index in [4.69, 9.17) is 0 Å². The van der Waals surface area contributed by atoms with E-state index in [0.717, 1.165) is 43.4 Å². The van der Waals surface area contributed by atoms with E-state index >= 15 is 0 Å². The van der Waals surface area contributed by atoms with Crippen molar-refractivity contribution in [1.82, 2.24) is 19.6 Å². The van der Waals surface area contributed by atoms with Crippen molar-refractivity contribution in [3.05, 3.63) is 53.6 Å². The Morgan fingerprint density at radius 2 is 2.04 bits per heavy atom. The highest BCUT2D eigenvalue weighted by molar-refractivity contribution is 5.42. The average Bonchev–Trinajstić information content (AvgIpc) is 3.05. The first kappa shape index (κ1) is 17.8. The van der Waals surface area contributed by atoms with Crippen LogP contribution in [0.3, 0.4) is 0 Å². The number of halogens is 3. The number of nitrogens with zero attached hydrogens (tertiary/aromatic N) is 4. The molecule has 5 nitrogen and oxygen atoms in total. The van der Waals surface area contributed by atoms with Gasteiger partial charge in [-0.15, -0.1) is 10.2 Å². The number of fused-ring (bicyclic) bond motifs is 1. The molecular formula is C19H20F3N5. The van der Waals surface area contributed by atoms with E-state index in [1.807, 2.05) is 28.8 Å². The highest BCUT2D eigenvalue weighted by Gasteiger charge is 2.33. The maximum absolute atomic E-state index is 12.9. The molecule has 1 aliphatic rings. The summed E-state index contributed by atoms with van der Waals surface area (Å²) < 4.78 is 40.7. The van der Waals surface area contributed by atoms with Gasteiger partial charge in [-0.25, -0.2) is 4.98 Å². The Kier molecular flexibility index (Phi) is 4.49. The third-order valence-corrected chi connectivity index (χ3v) is 5.15. The number of nitrogens with one attached hydrogen (secondary N) is 1. The van der Waals surface area contributed by atoms with Crippen LogP contribution in [0.1, 0.15) is 48.6 Å². The number of pyridine rings is 2. The fourth-order valence-electron chi connectivity index (χ4n) is 3.83. The van der Waals surface area contributed by atoms with E-state index in [2.05, 4.69) is 20.5 Å². The molecule has 1 saturated carbocycles. The summed E-state index contributed by atoms with van der Waals surface area (Å²) in [5.41, 5.74) is 0.308. The lowest BCUT2D eigenvalue weighted by Crippen LogP contribution is -2.27. The zero-order chi connectivity index (χ0) is 19.0. The summed E-state index contributed by atoms with van der Waals surface area (Å²) in [6, 6.07) is 7.41. The van der Waals surface area contributed by atoms with E-state index in [0.29, 0.717) is 5.82 Å². The second kappa shape index (κ2) is 6.83. The van der Waals surface area contributed by atoms with Crippen molar-refractivity contribution in [3.8, 4) is 0 Å². The molecular weight excluding hydrogens is 355 g/mol. The van der Waals surface area contributed by atoms with Gasteiger partial charge in [-0.1, -0.05) is 12.5 Å². The van der Waals surface area contributed by atoms with Crippen LogP contribution >= 0.6 is 0 Å². The molecule has 0 bridgehead atoms. The molecule has 0 amide bonds. The lowest BCUT2D eigenvalue weighted by molar-refractivity contribution is -0.138. The van der Waals surface area contributed by atoms with Crippen molar-refractivity contribution in [1.29, 1.82) is 0 Å². The molecule has 0 unspecified atom stereocenters. The molecule has 0 aromatic carbocycles. The minimum atomic E-state index is -4.37. The molecule has 1 N–H and O–H groups in total. The first-order valence-corrected chi connectivity index (χ1v) is 9.02. The summed E-state index contributed by atoms with van der Waals surface area (Å²) in [7, 11) is 0. The van der Waals surface area contributed by atoms with Crippen molar-refractivity contribution in [2.24, 2.45) is 0 Å². The fourth-order valence-corrected chi connectivity index (χ4v) is 3.83. The Balaban J connectivity index is 1.50. The quantitative estimate of drug-likeness (QED) is 0.727. The van der Waals surface area contributed by atoms with Crippen LogP contribution in [-0.4, -0.2) is 25.6 Å². The molecule has 3 aromatic rings. The minimum Gasteiger partial charge on any atom is -0.367 e. The Bertz CT molecular complexity index is 950. The third-order valence-electron chi connectivity index (χ3n) is 5.15. The van der Waals surface area contributed by atoms with Crippen LogP contribution in [0.25, 0.3) is 5.65 Å². The molecule has 0 saturated heterocycles. The summed E-state index contributed by atoms with van der Waals surface area (Å²) in [5, 5.41) is 11.9. The summed E-state index contributed by atoms with van der Waals surface area (Å²) in [6.07, 6.45) is 2.33. The minimum absolute atomic E-state index is 0.142. The maximum atomic E-state index is 12.9. The molecule has 0 radical (unpaired) electrons. The summed E-state index contributed by atoms with van der Waals surface area (Å²) in [5.74, 6) is 1.68. The van der Waals surface area contributed by atoms with Gasteiger partial charge >= 0.3 is 6.18 Å². The molecule has 27 heavy (non-hydrogen) atoms. The Morgan fingerprint density at radius 3 is 2.81 bits per heavy atom. The predicted octanol–water partition coefficient (Wildman–Crippen LogP) is 4.59. The first-order valence-electron chi connectivity index (χ1n) is 9.02. The van der Waals surface area contributed by atoms with Crippen molar-refractivity contribution < 1.29 is 13.2 Å². The second-order valence-corrected chi connectivity index (χ2v) is 7.07. The van der Waals surface area contributed by atoms with Gasteiger partial charge in [-0.05, 0) is 49.9 Å². The van der Waals surface area contributed by atoms with Gasteiger partial charge in [-0.3, -0.25) is 4.40 Å². The van der Waals surface area contributed by atoms with Gasteiger partial charge in [0.25, 0.3) is 0 Å². The zero-order valence-corrected chi connectivity index (χ0v) is 14.9. The molecule has 3 aromatic heterocycles. The Morgan fingerprint density at radius 1 is 1.19 bits per heavy atom. The van der Waals surface area contributed by atoms with Crippen LogP contribution in [-0.2, 0) is 6.18 Å². The van der Waals surface area contributed by atoms with Crippen molar-refractivity contribution in [2.45, 2.75) is 50.7 Å². The topological polar surface area (TPSA) is 55.1 Å². The van der Waals surface area contributed by atoms with Crippen LogP contribution < -0.4 is 5.32 Å². The summed E-state index contributed by atoms with van der Waals surface area (Å²) in [6.45, 7) is 1.46. The predicted molar refractivity (Wildman–Crippen MR) is 95.6 cm³/mol. The summed E-state index contributed by atoms with van der Waals surface area (Å²) >= 11 is 0. The van der Waals surface area contributed by atoms with Crippen molar-refractivity contribution in [3.63, 3.8) is 0 Å². The van der Waals surface area contributed by atoms with Crippen LogP contribution in [0.4, 0.5) is 19.0 Å². The van der Waals surface area contributed by atoms with Gasteiger partial charge in [0.15, 0.2) is 5.65 Å². The first-order chi connectivity index (χ1) is 12.9. The average molecular weight is 375 g/mol. The highest BCUT2D eigenvalue weighted by Crippen LogP contribution is 2.35. The number of anilines is 1. The smallest absolute Gasteiger partial charge is 0.367 e. The largest absolute Gasteiger partial charge is 0.418 e. The van der Waals surface area contributed by atoms with E-state index in [9.17, 15) is 13.2 Å². The van der Waals surface area contributed by atoms with E-state index < -0.39 is 11.7 Å². The monoisotopic (exact) mass is 375 g/mol. The molecule has 3 heterocycles. The SMILES string of the molecule is Cc1cc(N[C@@H]2CCC[C@H](c3nnc4ccccn34)C2)ncc1C(F)(F)F. The lowest BCUT2D eigenvalue weighted by atomic mass is 9.85. The summed E-state index contributed by atoms with van der Waals surface area (Å²) in [4.78, 5) is 3.97. The van der Waals surface area contributed by atoms with Gasteiger partial charge in [0, 0.05) is 24.4 Å². The Hall–Kier alpha value is -2.64. The molecule has 0 spiro atoms. The molecule has 4 rings (SSSR count). The van der Waals surface area contributed by atoms with Crippen LogP contribution in [0, 0.1) is 6.92 Å². The molecule has 2 atom stereocenters. The number of aryl methyl sites for hydroxylation is 1. The maximum Gasteiger partial charge on any atom is 0.418 e. The molecule has 8 heteroatoms. The van der Waals surface area contributed by atoms with Crippen molar-refractivity contribution in [2.75, 3.05) is 5.32 Å². The van der Waals surface area contributed by atoms with Crippen LogP contribution in [0.15, 0.2) is 36.7 Å². The number of aromatic nitrogens is 4. The van der Waals surface area contributed by atoms with Gasteiger partial charge in [0.2, 0.25) is 0 Å². The number of alkyl halides is 3. The van der Waals surface area contributed by atoms with Gasteiger partial charge in [0.1, 0.15) is 11.6 Å². The molecule has 1 fully saturated rings. The van der Waals surface area contributed by atoms with E-state index in [1.54, 1.807) is 0 Å². The zero-order valence-electron chi connectivity index (χ0n) is 14.9. The van der Waals surface area contributed by atoms with Gasteiger partial charge in [0.05, 0.1) is 5.56 Å². The lowest BCUT2D eigenvalue weighted by Gasteiger charge is -2.29. The number of rotatable bonds is 3. The van der Waals surface area contributed by atoms with E-state index in [1.165, 1.54) is 13.0 Å². The highest BCUT2D eigenvalue weighted by atomic mass is 19.4. The number of hydrogen-bond donors (Lipinski definition) is 1. The standard InChI is InChI=1S/C19H20F3N5/c1-12-9-16(23-11-15(12)19(20,21)22)24-14-6-4-5-13(10-14)18-26-25-17-7-2-3-8-27(17)18/h2-3,7-9,11,13-14H,4-6,10H2,1H3,(H,23,24)/t13-,14+/m0/s1. The third kappa shape index (κ3) is 3.61. The van der Waals surface area contributed by atoms with Gasteiger partial charge < -0.3 is 5.32 Å². The second-order valence-electron chi connectivity index (χ2n) is 7.07. The van der Waals surface area contributed by atoms with Crippen LogP contribution in [0.5, 0.6) is 0 Å². The van der Waals surface area contributed by atoms with E-state index in [-0.39, 0.29) is 17.5 Å². The van der Waals surface area contributed by atoms with Crippen molar-refractivity contribution >= 4 is 11.5 Å². The molecule has 1 aliphatic carbocycles. The van der Waals surface area contributed by atoms with Crippen LogP contribution in [0.2, 0.25) is 0 Å². The normalized spacial score (nSPS) is 20.7. The number of hydrogen-bond acceptors (Lipinski definition) is 4. The molecule has 0 aliphatic heterocycles. The fraction of sp³-hybridized carbons (Fsp3) is 0.421. The molecule has 142 valence electrons. The van der Waals surface area contributed by atoms with Gasteiger partial charge in [-0.2, -0.15) is 13.2 Å². The Labute approximate surface area is 154 Å².